The molecule has 0 fully saturated rings. The van der Waals surface area contributed by atoms with Crippen LogP contribution in [-0.4, -0.2) is 30.3 Å². The minimum absolute atomic E-state index is 0.200. The number of benzene rings is 1. The number of hydrogen-bond acceptors (Lipinski definition) is 5. The minimum atomic E-state index is -3.90. The van der Waals surface area contributed by atoms with E-state index in [9.17, 15) is 8.42 Å². The van der Waals surface area contributed by atoms with Crippen molar-refractivity contribution < 1.29 is 13.2 Å². The van der Waals surface area contributed by atoms with Gasteiger partial charge in [-0.3, -0.25) is 0 Å². The molecule has 0 saturated carbocycles. The third kappa shape index (κ3) is 3.74. The second kappa shape index (κ2) is 6.44. The van der Waals surface area contributed by atoms with Gasteiger partial charge in [0, 0.05) is 23.6 Å². The molecule has 1 heterocycles. The molecule has 8 heteroatoms. The van der Waals surface area contributed by atoms with Gasteiger partial charge in [-0.05, 0) is 24.1 Å². The fourth-order valence-electron chi connectivity index (χ4n) is 2.00. The third-order valence-corrected chi connectivity index (χ3v) is 4.13. The Balaban J connectivity index is 2.32. The highest BCUT2D eigenvalue weighted by molar-refractivity contribution is 8.13. The molecule has 0 atom stereocenters. The van der Waals surface area contributed by atoms with Crippen molar-refractivity contribution in [3.8, 4) is 5.75 Å². The second-order valence-corrected chi connectivity index (χ2v) is 6.97. The van der Waals surface area contributed by atoms with Gasteiger partial charge in [0.15, 0.2) is 0 Å². The number of ether oxygens (including phenoxy) is 1. The Kier molecular flexibility index (Phi) is 4.84. The molecule has 0 aliphatic heterocycles. The number of nitrogens with zero attached hydrogens (tertiary/aromatic N) is 3. The molecule has 0 saturated heterocycles. The lowest BCUT2D eigenvalue weighted by molar-refractivity contribution is 0.414. The van der Waals surface area contributed by atoms with Crippen molar-refractivity contribution in [2.75, 3.05) is 7.11 Å². The normalized spacial score (nSPS) is 11.6. The lowest BCUT2D eigenvalue weighted by atomic mass is 10.1. The first-order valence-electron chi connectivity index (χ1n) is 6.45. The van der Waals surface area contributed by atoms with E-state index < -0.39 is 9.05 Å². The summed E-state index contributed by atoms with van der Waals surface area (Å²) in [6.45, 7) is 2.45. The minimum Gasteiger partial charge on any atom is -0.497 e. The predicted molar refractivity (Wildman–Crippen MR) is 79.2 cm³/mol. The van der Waals surface area contributed by atoms with Gasteiger partial charge in [0.1, 0.15) is 11.6 Å². The van der Waals surface area contributed by atoms with E-state index in [2.05, 4.69) is 10.2 Å². The summed E-state index contributed by atoms with van der Waals surface area (Å²) >= 11 is 0. The first-order valence-corrected chi connectivity index (χ1v) is 8.76. The molecule has 114 valence electrons. The molecule has 0 unspecified atom stereocenters. The van der Waals surface area contributed by atoms with Gasteiger partial charge >= 0.3 is 0 Å². The largest absolute Gasteiger partial charge is 0.497 e. The summed E-state index contributed by atoms with van der Waals surface area (Å²) < 4.78 is 29.7. The van der Waals surface area contributed by atoms with Crippen LogP contribution in [0.15, 0.2) is 29.4 Å². The third-order valence-electron chi connectivity index (χ3n) is 2.98. The number of rotatable bonds is 6. The molecule has 0 aliphatic rings. The summed E-state index contributed by atoms with van der Waals surface area (Å²) in [7, 11) is 3.09. The lowest BCUT2D eigenvalue weighted by Gasteiger charge is -2.08. The summed E-state index contributed by atoms with van der Waals surface area (Å²) in [5.41, 5.74) is 0.985. The Bertz CT molecular complexity index is 711. The highest BCUT2D eigenvalue weighted by Crippen LogP contribution is 2.18. The lowest BCUT2D eigenvalue weighted by Crippen LogP contribution is -2.10. The van der Waals surface area contributed by atoms with Crippen LogP contribution in [0.2, 0.25) is 0 Å². The highest BCUT2D eigenvalue weighted by atomic mass is 35.7. The topological polar surface area (TPSA) is 74.1 Å². The molecular weight excluding hydrogens is 314 g/mol. The molecule has 0 spiro atoms. The maximum atomic E-state index is 11.5. The van der Waals surface area contributed by atoms with Gasteiger partial charge in [-0.2, -0.15) is 0 Å². The van der Waals surface area contributed by atoms with E-state index in [1.807, 2.05) is 31.2 Å². The van der Waals surface area contributed by atoms with Crippen LogP contribution >= 0.6 is 10.7 Å². The van der Waals surface area contributed by atoms with Crippen LogP contribution in [0.4, 0.5) is 0 Å². The van der Waals surface area contributed by atoms with Crippen LogP contribution < -0.4 is 4.74 Å². The van der Waals surface area contributed by atoms with Crippen LogP contribution in [0.25, 0.3) is 0 Å². The van der Waals surface area contributed by atoms with Gasteiger partial charge in [0.25, 0.3) is 14.2 Å². The van der Waals surface area contributed by atoms with E-state index in [1.165, 1.54) is 0 Å². The smallest absolute Gasteiger partial charge is 0.296 e. The summed E-state index contributed by atoms with van der Waals surface area (Å²) in [6, 6.07) is 7.49. The van der Waals surface area contributed by atoms with E-state index in [1.54, 1.807) is 11.7 Å². The number of halogens is 1. The quantitative estimate of drug-likeness (QED) is 0.760. The summed E-state index contributed by atoms with van der Waals surface area (Å²) in [4.78, 5) is 0. The monoisotopic (exact) mass is 329 g/mol. The Hall–Kier alpha value is -1.60. The molecule has 0 N–H and O–H groups in total. The fourth-order valence-corrected chi connectivity index (χ4v) is 2.95. The van der Waals surface area contributed by atoms with Crippen LogP contribution in [0.5, 0.6) is 5.75 Å². The van der Waals surface area contributed by atoms with Crippen molar-refractivity contribution in [3.63, 3.8) is 0 Å². The Morgan fingerprint density at radius 2 is 1.90 bits per heavy atom. The molecule has 2 aromatic rings. The predicted octanol–water partition coefficient (Wildman–Crippen LogP) is 2.21. The van der Waals surface area contributed by atoms with Crippen LogP contribution in [0.3, 0.4) is 0 Å². The summed E-state index contributed by atoms with van der Waals surface area (Å²) in [6.07, 6.45) is 1.23. The molecule has 1 aromatic carbocycles. The average Bonchev–Trinajstić information content (AvgIpc) is 2.83. The molecule has 2 rings (SSSR count). The van der Waals surface area contributed by atoms with E-state index in [0.29, 0.717) is 18.8 Å². The van der Waals surface area contributed by atoms with E-state index in [4.69, 9.17) is 15.4 Å². The SMILES string of the molecule is CCCn1c(Cc2ccc(OC)cc2)nnc1S(=O)(=O)Cl. The van der Waals surface area contributed by atoms with Gasteiger partial charge in [-0.1, -0.05) is 19.1 Å². The molecule has 0 bridgehead atoms. The zero-order valence-corrected chi connectivity index (χ0v) is 13.4. The first-order chi connectivity index (χ1) is 9.95. The molecule has 1 aromatic heterocycles. The van der Waals surface area contributed by atoms with Gasteiger partial charge in [0.2, 0.25) is 0 Å². The summed E-state index contributed by atoms with van der Waals surface area (Å²) in [5.74, 6) is 1.33. The highest BCUT2D eigenvalue weighted by Gasteiger charge is 2.22. The molecular formula is C13H16ClN3O3S. The molecule has 0 radical (unpaired) electrons. The van der Waals surface area contributed by atoms with Gasteiger partial charge < -0.3 is 9.30 Å². The molecule has 0 aliphatic carbocycles. The van der Waals surface area contributed by atoms with Gasteiger partial charge in [-0.25, -0.2) is 8.42 Å². The average molecular weight is 330 g/mol. The number of aromatic nitrogens is 3. The standard InChI is InChI=1S/C13H16ClN3O3S/c1-3-8-17-12(15-16-13(17)21(14,18)19)9-10-4-6-11(20-2)7-5-10/h4-7H,3,8-9H2,1-2H3. The van der Waals surface area contributed by atoms with Crippen LogP contribution in [-0.2, 0) is 22.0 Å². The van der Waals surface area contributed by atoms with E-state index in [0.717, 1.165) is 17.7 Å². The van der Waals surface area contributed by atoms with Crippen LogP contribution in [0, 0.1) is 0 Å². The molecule has 0 amide bonds. The maximum absolute atomic E-state index is 11.5. The van der Waals surface area contributed by atoms with Gasteiger partial charge in [-0.15, -0.1) is 10.2 Å². The van der Waals surface area contributed by atoms with Crippen molar-refractivity contribution in [2.24, 2.45) is 0 Å². The van der Waals surface area contributed by atoms with Crippen LogP contribution in [0.1, 0.15) is 24.7 Å². The maximum Gasteiger partial charge on any atom is 0.296 e. The Morgan fingerprint density at radius 1 is 1.24 bits per heavy atom. The molecule has 21 heavy (non-hydrogen) atoms. The van der Waals surface area contributed by atoms with Crippen molar-refractivity contribution in [2.45, 2.75) is 31.5 Å². The van der Waals surface area contributed by atoms with E-state index >= 15 is 0 Å². The van der Waals surface area contributed by atoms with Gasteiger partial charge in [0.05, 0.1) is 7.11 Å². The second-order valence-electron chi connectivity index (χ2n) is 4.51. The fraction of sp³-hybridized carbons (Fsp3) is 0.385. The number of methoxy groups -OCH3 is 1. The zero-order chi connectivity index (χ0) is 15.5. The zero-order valence-electron chi connectivity index (χ0n) is 11.8. The Labute approximate surface area is 128 Å². The number of hydrogen-bond donors (Lipinski definition) is 0. The summed E-state index contributed by atoms with van der Waals surface area (Å²) in [5, 5.41) is 7.46. The first kappa shape index (κ1) is 15.8. The van der Waals surface area contributed by atoms with Crippen molar-refractivity contribution in [1.82, 2.24) is 14.8 Å². The van der Waals surface area contributed by atoms with Crippen molar-refractivity contribution >= 4 is 19.7 Å². The Morgan fingerprint density at radius 3 is 2.43 bits per heavy atom. The van der Waals surface area contributed by atoms with Crippen molar-refractivity contribution in [1.29, 1.82) is 0 Å². The van der Waals surface area contributed by atoms with E-state index in [-0.39, 0.29) is 5.16 Å². The molecule has 6 nitrogen and oxygen atoms in total. The van der Waals surface area contributed by atoms with Crippen molar-refractivity contribution in [3.05, 3.63) is 35.7 Å².